The first-order valence-electron chi connectivity index (χ1n) is 7.77. The molecular formula is C18H30S2. The Morgan fingerprint density at radius 2 is 1.50 bits per heavy atom. The van der Waals surface area contributed by atoms with Crippen molar-refractivity contribution in [1.82, 2.24) is 0 Å². The maximum Gasteiger partial charge on any atom is 0.0684 e. The fourth-order valence-corrected chi connectivity index (χ4v) is 5.04. The maximum atomic E-state index is 2.49. The smallest absolute Gasteiger partial charge is 0.0684 e. The summed E-state index contributed by atoms with van der Waals surface area (Å²) in [6.07, 6.45) is 13.4. The van der Waals surface area contributed by atoms with Crippen molar-refractivity contribution in [1.29, 1.82) is 0 Å². The molecule has 0 spiro atoms. The molecule has 0 atom stereocenters. The first-order chi connectivity index (χ1) is 9.58. The maximum absolute atomic E-state index is 2.49. The first-order valence-corrected chi connectivity index (χ1v) is 9.87. The van der Waals surface area contributed by atoms with Crippen molar-refractivity contribution in [2.45, 2.75) is 64.4 Å². The summed E-state index contributed by atoms with van der Waals surface area (Å²) in [7, 11) is 0. The molecule has 0 unspecified atom stereocenters. The van der Waals surface area contributed by atoms with Gasteiger partial charge in [0.15, 0.2) is 0 Å². The number of rotatable bonds is 7. The molecule has 0 saturated carbocycles. The molecule has 0 aromatic rings. The minimum atomic E-state index is 0.714. The van der Waals surface area contributed by atoms with Crippen LogP contribution >= 0.6 is 23.5 Å². The van der Waals surface area contributed by atoms with Gasteiger partial charge in [0.1, 0.15) is 0 Å². The highest BCUT2D eigenvalue weighted by molar-refractivity contribution is 8.17. The highest BCUT2D eigenvalue weighted by atomic mass is 32.2. The predicted octanol–water partition coefficient (Wildman–Crippen LogP) is 6.60. The number of hydrogen-bond acceptors (Lipinski definition) is 2. The van der Waals surface area contributed by atoms with Crippen LogP contribution in [0.2, 0.25) is 0 Å². The summed E-state index contributed by atoms with van der Waals surface area (Å²) in [5.74, 6) is 2.68. The third kappa shape index (κ3) is 8.97. The van der Waals surface area contributed by atoms with Crippen LogP contribution in [0.5, 0.6) is 0 Å². The topological polar surface area (TPSA) is 0 Å². The Hall–Kier alpha value is -0.0800. The standard InChI is InChI=1S/C18H30S2/c1-15(2)8-5-9-16(3)10-6-11-17(4)14-18-19-12-7-13-20-18/h8,10,14,18H,5-7,9,11-13H2,1-4H3/b16-10+,17-14+. The lowest BCUT2D eigenvalue weighted by Crippen LogP contribution is -2.04. The third-order valence-electron chi connectivity index (χ3n) is 3.40. The van der Waals surface area contributed by atoms with Crippen LogP contribution < -0.4 is 0 Å². The quantitative estimate of drug-likeness (QED) is 0.486. The van der Waals surface area contributed by atoms with Gasteiger partial charge in [-0.1, -0.05) is 34.9 Å². The summed E-state index contributed by atoms with van der Waals surface area (Å²) in [5, 5.41) is 0. The number of thioether (sulfide) groups is 2. The van der Waals surface area contributed by atoms with Gasteiger partial charge in [0.2, 0.25) is 0 Å². The second kappa shape index (κ2) is 10.6. The first kappa shape index (κ1) is 18.0. The molecule has 1 aliphatic rings. The molecule has 0 radical (unpaired) electrons. The molecule has 2 heteroatoms. The fraction of sp³-hybridized carbons (Fsp3) is 0.667. The Bertz CT molecular complexity index is 354. The molecule has 1 rings (SSSR count). The molecule has 1 aliphatic heterocycles. The van der Waals surface area contributed by atoms with E-state index in [0.717, 1.165) is 0 Å². The van der Waals surface area contributed by atoms with Gasteiger partial charge < -0.3 is 0 Å². The van der Waals surface area contributed by atoms with Crippen molar-refractivity contribution in [2.75, 3.05) is 11.5 Å². The highest BCUT2D eigenvalue weighted by Crippen LogP contribution is 2.32. The van der Waals surface area contributed by atoms with Crippen molar-refractivity contribution in [2.24, 2.45) is 0 Å². The lowest BCUT2D eigenvalue weighted by atomic mass is 10.1. The highest BCUT2D eigenvalue weighted by Gasteiger charge is 2.11. The van der Waals surface area contributed by atoms with Gasteiger partial charge in [-0.05, 0) is 71.3 Å². The van der Waals surface area contributed by atoms with Crippen LogP contribution in [0.25, 0.3) is 0 Å². The summed E-state index contributed by atoms with van der Waals surface area (Å²) in [6, 6.07) is 0. The molecule has 1 fully saturated rings. The molecule has 1 saturated heterocycles. The zero-order valence-electron chi connectivity index (χ0n) is 13.6. The average Bonchev–Trinajstić information content (AvgIpc) is 2.39. The summed E-state index contributed by atoms with van der Waals surface area (Å²) in [4.78, 5) is 0. The summed E-state index contributed by atoms with van der Waals surface area (Å²) in [5.41, 5.74) is 4.53. The van der Waals surface area contributed by atoms with E-state index < -0.39 is 0 Å². The van der Waals surface area contributed by atoms with Crippen molar-refractivity contribution < 1.29 is 0 Å². The normalized spacial score (nSPS) is 18.2. The molecule has 0 aromatic carbocycles. The van der Waals surface area contributed by atoms with Gasteiger partial charge >= 0.3 is 0 Å². The molecule has 0 aliphatic carbocycles. The van der Waals surface area contributed by atoms with Crippen LogP contribution in [0.3, 0.4) is 0 Å². The molecule has 1 heterocycles. The van der Waals surface area contributed by atoms with Crippen molar-refractivity contribution in [3.8, 4) is 0 Å². The van der Waals surface area contributed by atoms with E-state index in [0.29, 0.717) is 4.58 Å². The zero-order chi connectivity index (χ0) is 14.8. The van der Waals surface area contributed by atoms with Crippen LogP contribution in [0, 0.1) is 0 Å². The molecule has 0 nitrogen and oxygen atoms in total. The molecule has 20 heavy (non-hydrogen) atoms. The summed E-state index contributed by atoms with van der Waals surface area (Å²) >= 11 is 4.22. The van der Waals surface area contributed by atoms with Crippen LogP contribution in [0.15, 0.2) is 34.9 Å². The van der Waals surface area contributed by atoms with Gasteiger partial charge in [0.25, 0.3) is 0 Å². The van der Waals surface area contributed by atoms with Crippen LogP contribution in [0.4, 0.5) is 0 Å². The van der Waals surface area contributed by atoms with E-state index in [1.165, 1.54) is 54.8 Å². The van der Waals surface area contributed by atoms with Crippen molar-refractivity contribution in [3.63, 3.8) is 0 Å². The summed E-state index contributed by atoms with van der Waals surface area (Å²) < 4.78 is 0.714. The second-order valence-electron chi connectivity index (χ2n) is 5.89. The Balaban J connectivity index is 2.24. The van der Waals surface area contributed by atoms with Crippen molar-refractivity contribution >= 4 is 23.5 Å². The van der Waals surface area contributed by atoms with E-state index in [4.69, 9.17) is 0 Å². The fourth-order valence-electron chi connectivity index (χ4n) is 2.15. The largest absolute Gasteiger partial charge is 0.143 e. The van der Waals surface area contributed by atoms with E-state index in [1.54, 1.807) is 5.57 Å². The monoisotopic (exact) mass is 310 g/mol. The van der Waals surface area contributed by atoms with E-state index >= 15 is 0 Å². The summed E-state index contributed by atoms with van der Waals surface area (Å²) in [6.45, 7) is 8.91. The molecular weight excluding hydrogens is 280 g/mol. The zero-order valence-corrected chi connectivity index (χ0v) is 15.2. The SMILES string of the molecule is CC(C)=CCC/C(C)=C/CC/C(C)=C/C1SCCCS1. The minimum absolute atomic E-state index is 0.714. The molecule has 0 amide bonds. The average molecular weight is 311 g/mol. The Morgan fingerprint density at radius 1 is 0.900 bits per heavy atom. The lowest BCUT2D eigenvalue weighted by molar-refractivity contribution is 0.916. The number of hydrogen-bond donors (Lipinski definition) is 0. The lowest BCUT2D eigenvalue weighted by Gasteiger charge is -2.18. The second-order valence-corrected chi connectivity index (χ2v) is 8.68. The van der Waals surface area contributed by atoms with Crippen LogP contribution in [-0.2, 0) is 0 Å². The van der Waals surface area contributed by atoms with E-state index in [2.05, 4.69) is 69.4 Å². The molecule has 114 valence electrons. The van der Waals surface area contributed by atoms with Gasteiger partial charge in [-0.2, -0.15) is 0 Å². The van der Waals surface area contributed by atoms with E-state index in [1.807, 2.05) is 0 Å². The van der Waals surface area contributed by atoms with Crippen LogP contribution in [0.1, 0.15) is 59.8 Å². The van der Waals surface area contributed by atoms with E-state index in [9.17, 15) is 0 Å². The van der Waals surface area contributed by atoms with Gasteiger partial charge in [-0.3, -0.25) is 0 Å². The Morgan fingerprint density at radius 3 is 2.15 bits per heavy atom. The van der Waals surface area contributed by atoms with Crippen molar-refractivity contribution in [3.05, 3.63) is 34.9 Å². The molecule has 0 aromatic heterocycles. The Kier molecular flexibility index (Phi) is 9.54. The van der Waals surface area contributed by atoms with Gasteiger partial charge in [-0.15, -0.1) is 23.5 Å². The van der Waals surface area contributed by atoms with Gasteiger partial charge in [-0.25, -0.2) is 0 Å². The van der Waals surface area contributed by atoms with Crippen LogP contribution in [-0.4, -0.2) is 16.1 Å². The minimum Gasteiger partial charge on any atom is -0.143 e. The third-order valence-corrected chi connectivity index (χ3v) is 6.19. The molecule has 0 N–H and O–H groups in total. The number of allylic oxidation sites excluding steroid dienone is 5. The Labute approximate surface area is 134 Å². The van der Waals surface area contributed by atoms with E-state index in [-0.39, 0.29) is 0 Å². The predicted molar refractivity (Wildman–Crippen MR) is 98.7 cm³/mol. The van der Waals surface area contributed by atoms with Gasteiger partial charge in [0, 0.05) is 0 Å². The molecule has 0 bridgehead atoms. The van der Waals surface area contributed by atoms with Gasteiger partial charge in [0.05, 0.1) is 4.58 Å².